The molecule has 1 saturated heterocycles. The number of carboxylic acids is 4. The molecular formula is C22H28NO9-4. The van der Waals surface area contributed by atoms with Crippen molar-refractivity contribution in [2.24, 2.45) is 0 Å². The highest BCUT2D eigenvalue weighted by molar-refractivity contribution is 5.86. The van der Waals surface area contributed by atoms with E-state index in [1.807, 2.05) is 37.4 Å². The van der Waals surface area contributed by atoms with Crippen LogP contribution in [0.4, 0.5) is 0 Å². The number of hydrogen-bond donors (Lipinski definition) is 1. The number of nitrogens with zero attached hydrogens (tertiary/aromatic N) is 1. The van der Waals surface area contributed by atoms with Crippen molar-refractivity contribution >= 4 is 23.9 Å². The van der Waals surface area contributed by atoms with Crippen LogP contribution in [0.2, 0.25) is 0 Å². The van der Waals surface area contributed by atoms with Crippen LogP contribution in [0.1, 0.15) is 44.6 Å². The van der Waals surface area contributed by atoms with Gasteiger partial charge < -0.3 is 49.6 Å². The van der Waals surface area contributed by atoms with Crippen LogP contribution in [0, 0.1) is 6.92 Å². The molecule has 10 nitrogen and oxygen atoms in total. The number of aliphatic hydroxyl groups is 1. The lowest BCUT2D eigenvalue weighted by Crippen LogP contribution is -2.54. The lowest BCUT2D eigenvalue weighted by atomic mass is 9.74. The number of carbonyl (C=O) groups is 4. The summed E-state index contributed by atoms with van der Waals surface area (Å²) < 4.78 is 0. The number of aliphatic carboxylic acids is 4. The minimum absolute atomic E-state index is 0.635. The van der Waals surface area contributed by atoms with E-state index in [9.17, 15) is 39.6 Å². The zero-order valence-electron chi connectivity index (χ0n) is 18.2. The highest BCUT2D eigenvalue weighted by atomic mass is 16.4. The van der Waals surface area contributed by atoms with Gasteiger partial charge in [-0.25, -0.2) is 0 Å². The summed E-state index contributed by atoms with van der Waals surface area (Å²) in [7, 11) is 2.04. The Morgan fingerprint density at radius 3 is 1.88 bits per heavy atom. The van der Waals surface area contributed by atoms with Crippen LogP contribution in [-0.4, -0.2) is 59.6 Å². The Bertz CT molecular complexity index is 750. The Labute approximate surface area is 187 Å². The van der Waals surface area contributed by atoms with Crippen molar-refractivity contribution in [2.45, 2.75) is 50.0 Å². The first-order chi connectivity index (χ1) is 14.9. The average Bonchev–Trinajstić information content (AvgIpc) is 2.92. The molecule has 0 amide bonds. The molecule has 1 aliphatic heterocycles. The molecule has 179 valence electrons. The number of hydrogen-bond acceptors (Lipinski definition) is 10. The van der Waals surface area contributed by atoms with Gasteiger partial charge in [-0.05, 0) is 45.0 Å². The quantitative estimate of drug-likeness (QED) is 0.435. The third-order valence-corrected chi connectivity index (χ3v) is 5.03. The van der Waals surface area contributed by atoms with Crippen LogP contribution >= 0.6 is 0 Å². The summed E-state index contributed by atoms with van der Waals surface area (Å²) in [4.78, 5) is 43.8. The Kier molecular flexibility index (Phi) is 12.2. The average molecular weight is 450 g/mol. The largest absolute Gasteiger partial charge is 0.550 e. The molecule has 1 aromatic rings. The van der Waals surface area contributed by atoms with Crippen molar-refractivity contribution in [1.29, 1.82) is 0 Å². The Balaban J connectivity index is 0.000000578. The van der Waals surface area contributed by atoms with E-state index in [1.54, 1.807) is 6.92 Å². The van der Waals surface area contributed by atoms with Crippen LogP contribution in [0.15, 0.2) is 30.3 Å². The topological polar surface area (TPSA) is 184 Å². The smallest absolute Gasteiger partial charge is 0.114 e. The molecule has 0 aliphatic carbocycles. The third kappa shape index (κ3) is 8.64. The van der Waals surface area contributed by atoms with Crippen LogP contribution < -0.4 is 20.4 Å². The van der Waals surface area contributed by atoms with Gasteiger partial charge in [0.15, 0.2) is 0 Å². The zero-order chi connectivity index (χ0) is 24.9. The maximum atomic E-state index is 11.6. The third-order valence-electron chi connectivity index (χ3n) is 5.03. The summed E-state index contributed by atoms with van der Waals surface area (Å²) in [6, 6.07) is 9.51. The van der Waals surface area contributed by atoms with Gasteiger partial charge in [-0.3, -0.25) is 0 Å². The minimum atomic E-state index is -2.97. The monoisotopic (exact) mass is 450 g/mol. The van der Waals surface area contributed by atoms with Gasteiger partial charge in [0.25, 0.3) is 0 Å². The lowest BCUT2D eigenvalue weighted by Gasteiger charge is -2.34. The van der Waals surface area contributed by atoms with Crippen molar-refractivity contribution in [2.75, 3.05) is 20.1 Å². The van der Waals surface area contributed by atoms with E-state index in [0.29, 0.717) is 12.8 Å². The summed E-state index contributed by atoms with van der Waals surface area (Å²) in [5, 5.41) is 50.5. The van der Waals surface area contributed by atoms with Gasteiger partial charge >= 0.3 is 0 Å². The molecule has 0 bridgehead atoms. The van der Waals surface area contributed by atoms with Gasteiger partial charge in [0.05, 0.1) is 11.9 Å². The van der Waals surface area contributed by atoms with Crippen LogP contribution in [0.5, 0.6) is 0 Å². The predicted octanol–water partition coefficient (Wildman–Crippen LogP) is -3.62. The molecule has 32 heavy (non-hydrogen) atoms. The van der Waals surface area contributed by atoms with Gasteiger partial charge in [-0.1, -0.05) is 44.2 Å². The molecule has 1 aliphatic rings. The Morgan fingerprint density at radius 1 is 0.969 bits per heavy atom. The molecule has 1 atom stereocenters. The molecule has 0 saturated carbocycles. The van der Waals surface area contributed by atoms with Crippen LogP contribution in [0.25, 0.3) is 0 Å². The molecule has 1 unspecified atom stereocenters. The van der Waals surface area contributed by atoms with E-state index in [-0.39, 0.29) is 0 Å². The summed E-state index contributed by atoms with van der Waals surface area (Å²) in [6.45, 7) is 6.77. The molecule has 1 fully saturated rings. The SMILES string of the molecule is CN1CCCC(C(=O)[O-])(c2ccccc2)CC1.O=C([O-])CC(O)(CC(=O)[O-])C(=O)[O-].[CH2]C. The van der Waals surface area contributed by atoms with E-state index < -0.39 is 47.7 Å². The summed E-state index contributed by atoms with van der Waals surface area (Å²) >= 11 is 0. The molecule has 2 rings (SSSR count). The van der Waals surface area contributed by atoms with Crippen LogP contribution in [0.3, 0.4) is 0 Å². The van der Waals surface area contributed by atoms with Gasteiger partial charge in [0, 0.05) is 30.2 Å². The normalized spacial score (nSPS) is 18.6. The first kappa shape index (κ1) is 29.0. The molecule has 1 radical (unpaired) electrons. The van der Waals surface area contributed by atoms with Crippen molar-refractivity contribution in [1.82, 2.24) is 4.90 Å². The second kappa shape index (κ2) is 13.4. The fraction of sp³-hybridized carbons (Fsp3) is 0.500. The molecule has 1 heterocycles. The van der Waals surface area contributed by atoms with Crippen molar-refractivity contribution < 1.29 is 44.7 Å². The van der Waals surface area contributed by atoms with Crippen molar-refractivity contribution in [3.63, 3.8) is 0 Å². The second-order valence-electron chi connectivity index (χ2n) is 7.31. The second-order valence-corrected chi connectivity index (χ2v) is 7.31. The summed E-state index contributed by atoms with van der Waals surface area (Å²) in [5.74, 6) is -6.92. The molecule has 0 spiro atoms. The van der Waals surface area contributed by atoms with Crippen molar-refractivity contribution in [3.05, 3.63) is 42.8 Å². The fourth-order valence-corrected chi connectivity index (χ4v) is 3.32. The maximum absolute atomic E-state index is 11.6. The van der Waals surface area contributed by atoms with Gasteiger partial charge in [0.2, 0.25) is 0 Å². The van der Waals surface area contributed by atoms with E-state index in [4.69, 9.17) is 5.11 Å². The van der Waals surface area contributed by atoms with Gasteiger partial charge in [0.1, 0.15) is 5.60 Å². The van der Waals surface area contributed by atoms with Crippen molar-refractivity contribution in [3.8, 4) is 0 Å². The highest BCUT2D eigenvalue weighted by Crippen LogP contribution is 2.34. The van der Waals surface area contributed by atoms with Gasteiger partial charge in [-0.15, -0.1) is 0 Å². The lowest BCUT2D eigenvalue weighted by molar-refractivity contribution is -0.339. The van der Waals surface area contributed by atoms with E-state index in [0.717, 1.165) is 25.1 Å². The Morgan fingerprint density at radius 2 is 1.47 bits per heavy atom. The number of benzene rings is 1. The summed E-state index contributed by atoms with van der Waals surface area (Å²) in [5.41, 5.74) is -2.89. The van der Waals surface area contributed by atoms with E-state index in [1.165, 1.54) is 0 Å². The predicted molar refractivity (Wildman–Crippen MR) is 105 cm³/mol. The fourth-order valence-electron chi connectivity index (χ4n) is 3.32. The van der Waals surface area contributed by atoms with E-state index >= 15 is 0 Å². The van der Waals surface area contributed by atoms with Gasteiger partial charge in [-0.2, -0.15) is 0 Å². The zero-order valence-corrected chi connectivity index (χ0v) is 18.2. The molecule has 10 heteroatoms. The first-order valence-electron chi connectivity index (χ1n) is 9.93. The standard InChI is InChI=1S/C14H19NO2.C6H8O7.C2H5/c1-15-10-5-8-14(9-11-15,13(16)17)12-6-3-2-4-7-12;7-3(8)1-6(13,5(11)12)2-4(9)10;1-2/h2-4,6-7H,5,8-11H2,1H3,(H,16,17);13H,1-2H2,(H,7,8)(H,9,10)(H,11,12);1H2,2H3/p-4. The molecule has 1 aromatic carbocycles. The minimum Gasteiger partial charge on any atom is -0.550 e. The molecule has 0 aromatic heterocycles. The Hall–Kier alpha value is -2.98. The number of carboxylic acid groups (broad SMARTS) is 4. The molecular weight excluding hydrogens is 422 g/mol. The number of likely N-dealkylation sites (tertiary alicyclic amines) is 1. The maximum Gasteiger partial charge on any atom is 0.114 e. The number of carbonyl (C=O) groups excluding carboxylic acids is 4. The van der Waals surface area contributed by atoms with E-state index in [2.05, 4.69) is 11.8 Å². The first-order valence-corrected chi connectivity index (χ1v) is 9.93. The molecule has 1 N–H and O–H groups in total. The summed E-state index contributed by atoms with van der Waals surface area (Å²) in [6.07, 6.45) is -0.508. The van der Waals surface area contributed by atoms with Crippen LogP contribution in [-0.2, 0) is 24.6 Å². The number of rotatable bonds is 7. The highest BCUT2D eigenvalue weighted by Gasteiger charge is 2.35.